The normalized spacial score (nSPS) is 21.9. The van der Waals surface area contributed by atoms with E-state index in [1.165, 1.54) is 6.42 Å². The first-order valence-electron chi connectivity index (χ1n) is 7.17. The topological polar surface area (TPSA) is 78.9 Å². The van der Waals surface area contributed by atoms with Crippen LogP contribution in [0.15, 0.2) is 0 Å². The lowest BCUT2D eigenvalue weighted by Crippen LogP contribution is -2.73. The Bertz CT molecular complexity index is 392. The number of nitrogens with one attached hydrogen (secondary N) is 1. The number of likely N-dealkylation sites (tertiary alicyclic amines) is 1. The standard InChI is InChI=1S/C14H24N2O4/c1-13(2,3)20-12(19)16-8-14(9-16,7-11(17)18)15-10-5-4-6-10/h10,15H,4-9H2,1-3H3,(H,17,18). The predicted octanol–water partition coefficient (Wildman–Crippen LogP) is 1.59. The van der Waals surface area contributed by atoms with E-state index in [9.17, 15) is 9.59 Å². The summed E-state index contributed by atoms with van der Waals surface area (Å²) < 4.78 is 5.30. The molecule has 0 aromatic heterocycles. The molecule has 1 aliphatic heterocycles. The first kappa shape index (κ1) is 15.1. The van der Waals surface area contributed by atoms with Crippen LogP contribution in [0.2, 0.25) is 0 Å². The second-order valence-electron chi connectivity index (χ2n) is 6.96. The zero-order chi connectivity index (χ0) is 15.0. The van der Waals surface area contributed by atoms with Gasteiger partial charge in [0.15, 0.2) is 0 Å². The minimum absolute atomic E-state index is 0.0444. The molecule has 114 valence electrons. The van der Waals surface area contributed by atoms with Gasteiger partial charge in [0.05, 0.1) is 12.0 Å². The fraction of sp³-hybridized carbons (Fsp3) is 0.857. The van der Waals surface area contributed by atoms with Crippen molar-refractivity contribution in [2.24, 2.45) is 0 Å². The predicted molar refractivity (Wildman–Crippen MR) is 73.6 cm³/mol. The van der Waals surface area contributed by atoms with Gasteiger partial charge in [0.25, 0.3) is 0 Å². The number of ether oxygens (including phenoxy) is 1. The molecule has 0 atom stereocenters. The lowest BCUT2D eigenvalue weighted by Gasteiger charge is -2.52. The Morgan fingerprint density at radius 1 is 1.35 bits per heavy atom. The molecule has 1 heterocycles. The van der Waals surface area contributed by atoms with Gasteiger partial charge in [-0.1, -0.05) is 6.42 Å². The van der Waals surface area contributed by atoms with Crippen LogP contribution in [0.3, 0.4) is 0 Å². The number of nitrogens with zero attached hydrogens (tertiary/aromatic N) is 1. The molecule has 6 heteroatoms. The van der Waals surface area contributed by atoms with Gasteiger partial charge in [-0.25, -0.2) is 4.79 Å². The second-order valence-corrected chi connectivity index (χ2v) is 6.96. The lowest BCUT2D eigenvalue weighted by molar-refractivity contribution is -0.141. The molecule has 1 aliphatic carbocycles. The van der Waals surface area contributed by atoms with Crippen LogP contribution in [0.4, 0.5) is 4.79 Å². The Kier molecular flexibility index (Phi) is 3.95. The fourth-order valence-corrected chi connectivity index (χ4v) is 2.67. The van der Waals surface area contributed by atoms with Crippen LogP contribution in [-0.4, -0.2) is 52.3 Å². The molecule has 2 rings (SSSR count). The highest BCUT2D eigenvalue weighted by Gasteiger charge is 2.49. The Labute approximate surface area is 119 Å². The van der Waals surface area contributed by atoms with Crippen LogP contribution >= 0.6 is 0 Å². The van der Waals surface area contributed by atoms with E-state index in [1.807, 2.05) is 20.8 Å². The molecule has 2 N–H and O–H groups in total. The summed E-state index contributed by atoms with van der Waals surface area (Å²) in [5, 5.41) is 12.5. The minimum atomic E-state index is -0.833. The summed E-state index contributed by atoms with van der Waals surface area (Å²) in [6.45, 7) is 6.28. The van der Waals surface area contributed by atoms with Crippen molar-refractivity contribution in [1.82, 2.24) is 10.2 Å². The second kappa shape index (κ2) is 5.24. The maximum atomic E-state index is 11.9. The molecule has 0 aromatic rings. The van der Waals surface area contributed by atoms with Crippen molar-refractivity contribution in [2.45, 2.75) is 63.6 Å². The fourth-order valence-electron chi connectivity index (χ4n) is 2.67. The molecular formula is C14H24N2O4. The summed E-state index contributed by atoms with van der Waals surface area (Å²) in [5.41, 5.74) is -1.00. The van der Waals surface area contributed by atoms with Crippen LogP contribution in [-0.2, 0) is 9.53 Å². The highest BCUT2D eigenvalue weighted by Crippen LogP contribution is 2.30. The zero-order valence-corrected chi connectivity index (χ0v) is 12.4. The molecule has 1 saturated carbocycles. The monoisotopic (exact) mass is 284 g/mol. The van der Waals surface area contributed by atoms with Crippen LogP contribution in [0, 0.1) is 0 Å². The van der Waals surface area contributed by atoms with Crippen molar-refractivity contribution < 1.29 is 19.4 Å². The van der Waals surface area contributed by atoms with Crippen molar-refractivity contribution in [3.63, 3.8) is 0 Å². The van der Waals surface area contributed by atoms with Gasteiger partial charge in [0, 0.05) is 19.1 Å². The zero-order valence-electron chi connectivity index (χ0n) is 12.4. The highest BCUT2D eigenvalue weighted by atomic mass is 16.6. The molecule has 2 aliphatic rings. The van der Waals surface area contributed by atoms with Gasteiger partial charge in [0.2, 0.25) is 0 Å². The number of carbonyl (C=O) groups is 2. The molecule has 2 fully saturated rings. The SMILES string of the molecule is CC(C)(C)OC(=O)N1CC(CC(=O)O)(NC2CCC2)C1. The van der Waals surface area contributed by atoms with Gasteiger partial charge in [-0.05, 0) is 33.6 Å². The Morgan fingerprint density at radius 2 is 1.95 bits per heavy atom. The third-order valence-electron chi connectivity index (χ3n) is 3.74. The third kappa shape index (κ3) is 3.62. The molecule has 1 amide bonds. The number of aliphatic carboxylic acids is 1. The molecule has 0 radical (unpaired) electrons. The molecule has 1 saturated heterocycles. The maximum absolute atomic E-state index is 11.9. The van der Waals surface area contributed by atoms with Gasteiger partial charge in [0.1, 0.15) is 5.60 Å². The molecule has 0 spiro atoms. The molecule has 0 unspecified atom stereocenters. The number of rotatable bonds is 4. The van der Waals surface area contributed by atoms with E-state index >= 15 is 0 Å². The molecule has 20 heavy (non-hydrogen) atoms. The summed E-state index contributed by atoms with van der Waals surface area (Å²) in [5.74, 6) is -0.833. The number of carbonyl (C=O) groups excluding carboxylic acids is 1. The van der Waals surface area contributed by atoms with Crippen molar-refractivity contribution in [1.29, 1.82) is 0 Å². The number of amides is 1. The van der Waals surface area contributed by atoms with Gasteiger partial charge in [-0.3, -0.25) is 4.79 Å². The lowest BCUT2D eigenvalue weighted by atomic mass is 9.82. The van der Waals surface area contributed by atoms with Crippen LogP contribution in [0.25, 0.3) is 0 Å². The largest absolute Gasteiger partial charge is 0.481 e. The van der Waals surface area contributed by atoms with Gasteiger partial charge in [-0.2, -0.15) is 0 Å². The van der Waals surface area contributed by atoms with E-state index in [4.69, 9.17) is 9.84 Å². The quantitative estimate of drug-likeness (QED) is 0.819. The van der Waals surface area contributed by atoms with E-state index < -0.39 is 17.1 Å². The van der Waals surface area contributed by atoms with Crippen molar-refractivity contribution in [3.8, 4) is 0 Å². The van der Waals surface area contributed by atoms with E-state index in [2.05, 4.69) is 5.32 Å². The molecule has 6 nitrogen and oxygen atoms in total. The molecular weight excluding hydrogens is 260 g/mol. The van der Waals surface area contributed by atoms with E-state index in [1.54, 1.807) is 4.90 Å². The van der Waals surface area contributed by atoms with Crippen molar-refractivity contribution >= 4 is 12.1 Å². The Balaban J connectivity index is 1.90. The van der Waals surface area contributed by atoms with Crippen LogP contribution in [0.1, 0.15) is 46.5 Å². The summed E-state index contributed by atoms with van der Waals surface area (Å²) in [6, 6.07) is 0.398. The average Bonchev–Trinajstić information content (AvgIpc) is 2.14. The smallest absolute Gasteiger partial charge is 0.410 e. The Morgan fingerprint density at radius 3 is 2.35 bits per heavy atom. The first-order valence-corrected chi connectivity index (χ1v) is 7.17. The van der Waals surface area contributed by atoms with Gasteiger partial charge < -0.3 is 20.1 Å². The molecule has 0 aromatic carbocycles. The summed E-state index contributed by atoms with van der Waals surface area (Å²) in [7, 11) is 0. The van der Waals surface area contributed by atoms with Crippen LogP contribution in [0.5, 0.6) is 0 Å². The van der Waals surface area contributed by atoms with Crippen LogP contribution < -0.4 is 5.32 Å². The Hall–Kier alpha value is -1.30. The van der Waals surface area contributed by atoms with Crippen molar-refractivity contribution in [3.05, 3.63) is 0 Å². The number of carboxylic acids is 1. The third-order valence-corrected chi connectivity index (χ3v) is 3.74. The summed E-state index contributed by atoms with van der Waals surface area (Å²) in [4.78, 5) is 24.5. The van der Waals surface area contributed by atoms with Gasteiger partial charge >= 0.3 is 12.1 Å². The number of hydrogen-bond donors (Lipinski definition) is 2. The molecule has 0 bridgehead atoms. The number of carboxylic acid groups (broad SMARTS) is 1. The van der Waals surface area contributed by atoms with E-state index in [-0.39, 0.29) is 12.5 Å². The minimum Gasteiger partial charge on any atom is -0.481 e. The number of hydrogen-bond acceptors (Lipinski definition) is 4. The average molecular weight is 284 g/mol. The van der Waals surface area contributed by atoms with Gasteiger partial charge in [-0.15, -0.1) is 0 Å². The highest BCUT2D eigenvalue weighted by molar-refractivity contribution is 5.73. The maximum Gasteiger partial charge on any atom is 0.410 e. The summed E-state index contributed by atoms with van der Waals surface area (Å²) >= 11 is 0. The first-order chi connectivity index (χ1) is 9.19. The van der Waals surface area contributed by atoms with E-state index in [0.29, 0.717) is 19.1 Å². The van der Waals surface area contributed by atoms with E-state index in [0.717, 1.165) is 12.8 Å². The van der Waals surface area contributed by atoms with Crippen molar-refractivity contribution in [2.75, 3.05) is 13.1 Å². The summed E-state index contributed by atoms with van der Waals surface area (Å²) in [6.07, 6.45) is 3.05.